The maximum atomic E-state index is 10.6. The first-order valence-corrected chi connectivity index (χ1v) is 5.99. The number of benzene rings is 1. The lowest BCUT2D eigenvalue weighted by Crippen LogP contribution is -1.96. The van der Waals surface area contributed by atoms with E-state index in [4.69, 9.17) is 16.0 Å². The summed E-state index contributed by atoms with van der Waals surface area (Å²) in [6.07, 6.45) is 1.88. The van der Waals surface area contributed by atoms with Crippen LogP contribution in [0.25, 0.3) is 10.9 Å². The zero-order valence-electron chi connectivity index (χ0n) is 9.75. The molecule has 0 saturated carbocycles. The smallest absolute Gasteiger partial charge is 0.404 e. The second-order valence-electron chi connectivity index (χ2n) is 4.12. The molecule has 0 amide bonds. The highest BCUT2D eigenvalue weighted by Gasteiger charge is 2.13. The molecule has 2 heterocycles. The topological polar surface area (TPSA) is 61.2 Å². The van der Waals surface area contributed by atoms with Gasteiger partial charge < -0.3 is 8.98 Å². The zero-order chi connectivity index (χ0) is 13.4. The average Bonchev–Trinajstić information content (AvgIpc) is 2.98. The minimum atomic E-state index is -0.551. The van der Waals surface area contributed by atoms with Crippen molar-refractivity contribution in [1.82, 2.24) is 4.57 Å². The van der Waals surface area contributed by atoms with E-state index in [1.54, 1.807) is 6.07 Å². The highest BCUT2D eigenvalue weighted by Crippen LogP contribution is 2.26. The van der Waals surface area contributed by atoms with Crippen LogP contribution < -0.4 is 0 Å². The largest absolute Gasteiger partial charge is 0.433 e. The second-order valence-corrected chi connectivity index (χ2v) is 4.53. The highest BCUT2D eigenvalue weighted by atomic mass is 35.5. The normalized spacial score (nSPS) is 11.0. The molecule has 0 radical (unpaired) electrons. The molecule has 0 N–H and O–H groups in total. The maximum Gasteiger partial charge on any atom is 0.433 e. The molecule has 2 aromatic heterocycles. The molecule has 0 spiro atoms. The van der Waals surface area contributed by atoms with Crippen molar-refractivity contribution in [3.63, 3.8) is 0 Å². The van der Waals surface area contributed by atoms with Gasteiger partial charge in [-0.05, 0) is 18.2 Å². The summed E-state index contributed by atoms with van der Waals surface area (Å²) in [6, 6.07) is 10.5. The van der Waals surface area contributed by atoms with Crippen molar-refractivity contribution < 1.29 is 9.34 Å². The van der Waals surface area contributed by atoms with E-state index in [1.165, 1.54) is 6.07 Å². The predicted octanol–water partition coefficient (Wildman–Crippen LogP) is 3.84. The number of aromatic nitrogens is 1. The molecule has 6 heteroatoms. The Hall–Kier alpha value is -2.27. The molecule has 3 rings (SSSR count). The molecule has 96 valence electrons. The fraction of sp³-hybridized carbons (Fsp3) is 0.0769. The van der Waals surface area contributed by atoms with Crippen LogP contribution in [0.3, 0.4) is 0 Å². The molecule has 0 atom stereocenters. The summed E-state index contributed by atoms with van der Waals surface area (Å²) in [7, 11) is 0. The van der Waals surface area contributed by atoms with Crippen LogP contribution in [0.4, 0.5) is 5.88 Å². The van der Waals surface area contributed by atoms with Gasteiger partial charge in [-0.1, -0.05) is 23.7 Å². The van der Waals surface area contributed by atoms with E-state index in [2.05, 4.69) is 0 Å². The van der Waals surface area contributed by atoms with Crippen LogP contribution in [-0.2, 0) is 6.54 Å². The summed E-state index contributed by atoms with van der Waals surface area (Å²) in [5.74, 6) is 0.265. The maximum absolute atomic E-state index is 10.6. The number of furan rings is 1. The molecule has 0 saturated heterocycles. The minimum absolute atomic E-state index is 0.252. The zero-order valence-corrected chi connectivity index (χ0v) is 10.5. The molecular weight excluding hydrogens is 268 g/mol. The van der Waals surface area contributed by atoms with E-state index in [0.29, 0.717) is 17.3 Å². The number of para-hydroxylation sites is 1. The molecule has 0 unspecified atom stereocenters. The van der Waals surface area contributed by atoms with Gasteiger partial charge in [0.05, 0.1) is 23.2 Å². The minimum Gasteiger partial charge on any atom is -0.404 e. The van der Waals surface area contributed by atoms with Crippen LogP contribution in [0.2, 0.25) is 5.02 Å². The summed E-state index contributed by atoms with van der Waals surface area (Å²) in [6.45, 7) is 0.404. The number of hydrogen-bond acceptors (Lipinski definition) is 3. The molecule has 0 aliphatic rings. The first-order chi connectivity index (χ1) is 9.15. The monoisotopic (exact) mass is 276 g/mol. The quantitative estimate of drug-likeness (QED) is 0.539. The van der Waals surface area contributed by atoms with Crippen LogP contribution in [0.1, 0.15) is 5.76 Å². The number of hydrogen-bond donors (Lipinski definition) is 0. The summed E-state index contributed by atoms with van der Waals surface area (Å²) >= 11 is 6.17. The number of rotatable bonds is 3. The third-order valence-corrected chi connectivity index (χ3v) is 3.20. The number of nitrogens with zero attached hydrogens (tertiary/aromatic N) is 2. The molecule has 1 aromatic carbocycles. The Bertz CT molecular complexity index is 760. The van der Waals surface area contributed by atoms with Gasteiger partial charge in [0.15, 0.2) is 0 Å². The summed E-state index contributed by atoms with van der Waals surface area (Å²) < 4.78 is 7.05. The highest BCUT2D eigenvalue weighted by molar-refractivity contribution is 6.35. The van der Waals surface area contributed by atoms with Crippen LogP contribution in [0.15, 0.2) is 47.0 Å². The fourth-order valence-corrected chi connectivity index (χ4v) is 2.35. The molecule has 3 aromatic rings. The first kappa shape index (κ1) is 11.8. The van der Waals surface area contributed by atoms with Gasteiger partial charge in [-0.25, -0.2) is 0 Å². The standard InChI is InChI=1S/C13H9ClN2O3/c14-11-3-1-2-9-6-7-15(13(9)11)8-10-4-5-12(19-10)16(17)18/h1-7H,8H2. The third kappa shape index (κ3) is 2.08. The van der Waals surface area contributed by atoms with Crippen LogP contribution in [0, 0.1) is 10.1 Å². The average molecular weight is 277 g/mol. The Morgan fingerprint density at radius 3 is 2.84 bits per heavy atom. The Morgan fingerprint density at radius 2 is 2.11 bits per heavy atom. The van der Waals surface area contributed by atoms with Crippen molar-refractivity contribution in [3.8, 4) is 0 Å². The number of nitro groups is 1. The van der Waals surface area contributed by atoms with Gasteiger partial charge >= 0.3 is 5.88 Å². The summed E-state index contributed by atoms with van der Waals surface area (Å²) in [5.41, 5.74) is 0.892. The van der Waals surface area contributed by atoms with Crippen molar-refractivity contribution in [3.05, 3.63) is 63.5 Å². The van der Waals surface area contributed by atoms with Crippen LogP contribution in [0.5, 0.6) is 0 Å². The van der Waals surface area contributed by atoms with E-state index >= 15 is 0 Å². The van der Waals surface area contributed by atoms with Gasteiger partial charge in [-0.15, -0.1) is 0 Å². The van der Waals surface area contributed by atoms with Crippen molar-refractivity contribution in [2.75, 3.05) is 0 Å². The molecule has 0 aliphatic carbocycles. The van der Waals surface area contributed by atoms with Gasteiger partial charge in [0.25, 0.3) is 0 Å². The Labute approximate surface area is 113 Å². The van der Waals surface area contributed by atoms with Gasteiger partial charge in [-0.2, -0.15) is 0 Å². The molecule has 0 fully saturated rings. The van der Waals surface area contributed by atoms with E-state index < -0.39 is 4.92 Å². The van der Waals surface area contributed by atoms with Crippen molar-refractivity contribution in [1.29, 1.82) is 0 Å². The van der Waals surface area contributed by atoms with Crippen molar-refractivity contribution in [2.24, 2.45) is 0 Å². The lowest BCUT2D eigenvalue weighted by molar-refractivity contribution is -0.402. The van der Waals surface area contributed by atoms with Gasteiger partial charge in [-0.3, -0.25) is 10.1 Å². The van der Waals surface area contributed by atoms with Gasteiger partial charge in [0, 0.05) is 11.6 Å². The molecule has 5 nitrogen and oxygen atoms in total. The molecular formula is C13H9ClN2O3. The van der Waals surface area contributed by atoms with E-state index in [-0.39, 0.29) is 5.88 Å². The van der Waals surface area contributed by atoms with Crippen molar-refractivity contribution >= 4 is 28.4 Å². The van der Waals surface area contributed by atoms with E-state index in [0.717, 1.165) is 10.9 Å². The second kappa shape index (κ2) is 4.44. The molecule has 0 bridgehead atoms. The fourth-order valence-electron chi connectivity index (χ4n) is 2.06. The predicted molar refractivity (Wildman–Crippen MR) is 71.4 cm³/mol. The molecule has 19 heavy (non-hydrogen) atoms. The van der Waals surface area contributed by atoms with Crippen molar-refractivity contribution in [2.45, 2.75) is 6.54 Å². The number of fused-ring (bicyclic) bond motifs is 1. The molecule has 0 aliphatic heterocycles. The first-order valence-electron chi connectivity index (χ1n) is 5.61. The lowest BCUT2D eigenvalue weighted by Gasteiger charge is -2.04. The summed E-state index contributed by atoms with van der Waals surface area (Å²) in [5, 5.41) is 12.2. The Morgan fingerprint density at radius 1 is 1.26 bits per heavy atom. The van der Waals surface area contributed by atoms with E-state index in [1.807, 2.05) is 35.0 Å². The van der Waals surface area contributed by atoms with Gasteiger partial charge in [0.1, 0.15) is 10.7 Å². The Kier molecular flexibility index (Phi) is 2.76. The van der Waals surface area contributed by atoms with E-state index in [9.17, 15) is 10.1 Å². The number of halogens is 1. The van der Waals surface area contributed by atoms with Crippen LogP contribution in [-0.4, -0.2) is 9.49 Å². The SMILES string of the molecule is O=[N+]([O-])c1ccc(Cn2ccc3cccc(Cl)c32)o1. The summed E-state index contributed by atoms with van der Waals surface area (Å²) in [4.78, 5) is 10.0. The van der Waals surface area contributed by atoms with Crippen LogP contribution >= 0.6 is 11.6 Å². The third-order valence-electron chi connectivity index (χ3n) is 2.89. The lowest BCUT2D eigenvalue weighted by atomic mass is 10.2. The Balaban J connectivity index is 1.98. The van der Waals surface area contributed by atoms with Gasteiger partial charge in [0.2, 0.25) is 0 Å².